The van der Waals surface area contributed by atoms with E-state index in [4.69, 9.17) is 4.42 Å². The summed E-state index contributed by atoms with van der Waals surface area (Å²) in [5.74, 6) is 0.181. The van der Waals surface area contributed by atoms with Crippen LogP contribution in [-0.2, 0) is 11.3 Å². The largest absolute Gasteiger partial charge is 0.459 e. The lowest BCUT2D eigenvalue weighted by Gasteiger charge is -2.18. The summed E-state index contributed by atoms with van der Waals surface area (Å²) in [4.78, 5) is 25.1. The Labute approximate surface area is 187 Å². The fourth-order valence-electron chi connectivity index (χ4n) is 3.84. The Morgan fingerprint density at radius 1 is 1.12 bits per heavy atom. The number of aromatic nitrogens is 2. The SMILES string of the molecule is O=C(NC(CCCCNC1CC1c1ccccc1)C(=O)NCc1ccn[nH]1)c1ccco1. The molecule has 1 aliphatic rings. The summed E-state index contributed by atoms with van der Waals surface area (Å²) >= 11 is 0. The molecule has 8 nitrogen and oxygen atoms in total. The zero-order chi connectivity index (χ0) is 22.2. The zero-order valence-corrected chi connectivity index (χ0v) is 17.9. The van der Waals surface area contributed by atoms with Crippen LogP contribution >= 0.6 is 0 Å². The molecule has 1 aromatic carbocycles. The van der Waals surface area contributed by atoms with E-state index in [9.17, 15) is 9.59 Å². The van der Waals surface area contributed by atoms with Crippen LogP contribution in [0.15, 0.2) is 65.4 Å². The number of carbonyl (C=O) groups excluding carboxylic acids is 2. The number of nitrogens with one attached hydrogen (secondary N) is 4. The molecule has 2 amide bonds. The van der Waals surface area contributed by atoms with Crippen molar-refractivity contribution in [1.29, 1.82) is 0 Å². The summed E-state index contributed by atoms with van der Waals surface area (Å²) in [5.41, 5.74) is 2.19. The minimum atomic E-state index is -0.631. The van der Waals surface area contributed by atoms with E-state index < -0.39 is 11.9 Å². The Morgan fingerprint density at radius 2 is 2.00 bits per heavy atom. The molecule has 2 aromatic heterocycles. The number of nitrogens with zero attached hydrogens (tertiary/aromatic N) is 1. The maximum Gasteiger partial charge on any atom is 0.287 e. The van der Waals surface area contributed by atoms with Crippen LogP contribution in [0.4, 0.5) is 0 Å². The molecule has 2 heterocycles. The molecule has 32 heavy (non-hydrogen) atoms. The van der Waals surface area contributed by atoms with Gasteiger partial charge in [0.15, 0.2) is 5.76 Å². The van der Waals surface area contributed by atoms with Crippen LogP contribution in [0.1, 0.15) is 53.4 Å². The van der Waals surface area contributed by atoms with Gasteiger partial charge in [0.2, 0.25) is 5.91 Å². The molecule has 4 N–H and O–H groups in total. The summed E-state index contributed by atoms with van der Waals surface area (Å²) in [5, 5.41) is 15.9. The van der Waals surface area contributed by atoms with Crippen molar-refractivity contribution in [3.05, 3.63) is 78.0 Å². The minimum Gasteiger partial charge on any atom is -0.459 e. The van der Waals surface area contributed by atoms with Gasteiger partial charge in [0.05, 0.1) is 18.5 Å². The zero-order valence-electron chi connectivity index (χ0n) is 17.9. The van der Waals surface area contributed by atoms with Crippen molar-refractivity contribution in [2.24, 2.45) is 0 Å². The number of carbonyl (C=O) groups is 2. The number of unbranched alkanes of at least 4 members (excludes halogenated alkanes) is 1. The van der Waals surface area contributed by atoms with Gasteiger partial charge in [-0.15, -0.1) is 0 Å². The Bertz CT molecular complexity index is 973. The molecular formula is C24H29N5O3. The number of benzene rings is 1. The lowest BCUT2D eigenvalue weighted by Crippen LogP contribution is -2.46. The van der Waals surface area contributed by atoms with E-state index in [1.54, 1.807) is 24.4 Å². The molecule has 0 spiro atoms. The van der Waals surface area contributed by atoms with Gasteiger partial charge in [0, 0.05) is 18.2 Å². The maximum atomic E-state index is 12.7. The second-order valence-electron chi connectivity index (χ2n) is 8.11. The van der Waals surface area contributed by atoms with E-state index in [-0.39, 0.29) is 11.7 Å². The Kier molecular flexibility index (Phi) is 7.34. The van der Waals surface area contributed by atoms with Crippen LogP contribution in [0.5, 0.6) is 0 Å². The van der Waals surface area contributed by atoms with Crippen LogP contribution < -0.4 is 16.0 Å². The van der Waals surface area contributed by atoms with Crippen molar-refractivity contribution in [1.82, 2.24) is 26.1 Å². The van der Waals surface area contributed by atoms with E-state index in [0.717, 1.165) is 25.1 Å². The van der Waals surface area contributed by atoms with E-state index in [1.807, 2.05) is 6.07 Å². The molecule has 0 bridgehead atoms. The van der Waals surface area contributed by atoms with E-state index in [2.05, 4.69) is 50.4 Å². The van der Waals surface area contributed by atoms with Crippen molar-refractivity contribution in [3.8, 4) is 0 Å². The predicted molar refractivity (Wildman–Crippen MR) is 120 cm³/mol. The topological polar surface area (TPSA) is 112 Å². The highest BCUT2D eigenvalue weighted by atomic mass is 16.3. The summed E-state index contributed by atoms with van der Waals surface area (Å²) in [6.45, 7) is 1.22. The molecule has 4 rings (SSSR count). The smallest absolute Gasteiger partial charge is 0.287 e. The third-order valence-corrected chi connectivity index (χ3v) is 5.72. The lowest BCUT2D eigenvalue weighted by molar-refractivity contribution is -0.123. The van der Waals surface area contributed by atoms with Gasteiger partial charge in [-0.25, -0.2) is 0 Å². The predicted octanol–water partition coefficient (Wildman–Crippen LogP) is 2.73. The first-order valence-corrected chi connectivity index (χ1v) is 11.1. The van der Waals surface area contributed by atoms with Crippen molar-refractivity contribution in [3.63, 3.8) is 0 Å². The highest BCUT2D eigenvalue weighted by Crippen LogP contribution is 2.40. The van der Waals surface area contributed by atoms with Crippen molar-refractivity contribution in [2.45, 2.75) is 50.2 Å². The molecular weight excluding hydrogens is 406 g/mol. The number of amides is 2. The molecule has 1 aliphatic carbocycles. The molecule has 0 radical (unpaired) electrons. The Morgan fingerprint density at radius 3 is 2.75 bits per heavy atom. The van der Waals surface area contributed by atoms with Gasteiger partial charge in [-0.05, 0) is 56.0 Å². The van der Waals surface area contributed by atoms with Gasteiger partial charge in [-0.1, -0.05) is 30.3 Å². The van der Waals surface area contributed by atoms with Crippen LogP contribution in [0.2, 0.25) is 0 Å². The molecule has 3 aromatic rings. The van der Waals surface area contributed by atoms with Crippen molar-refractivity contribution >= 4 is 11.8 Å². The molecule has 1 saturated carbocycles. The Balaban J connectivity index is 1.21. The standard InChI is InChI=1S/C24H29N5O3/c30-23(26-16-18-11-13-27-29-18)20(28-24(31)22-10-6-14-32-22)9-4-5-12-25-21-15-19(21)17-7-2-1-3-8-17/h1-3,6-8,10-11,13-14,19-21,25H,4-5,9,12,15-16H2,(H,26,30)(H,27,29)(H,28,31). The van der Waals surface area contributed by atoms with E-state index >= 15 is 0 Å². The van der Waals surface area contributed by atoms with Gasteiger partial charge in [0.1, 0.15) is 6.04 Å². The van der Waals surface area contributed by atoms with Gasteiger partial charge >= 0.3 is 0 Å². The van der Waals surface area contributed by atoms with E-state index in [1.165, 1.54) is 18.2 Å². The highest BCUT2D eigenvalue weighted by molar-refractivity contribution is 5.95. The molecule has 0 aliphatic heterocycles. The van der Waals surface area contributed by atoms with Gasteiger partial charge in [0.25, 0.3) is 5.91 Å². The quantitative estimate of drug-likeness (QED) is 0.327. The third kappa shape index (κ3) is 6.07. The molecule has 3 unspecified atom stereocenters. The molecule has 1 fully saturated rings. The summed E-state index contributed by atoms with van der Waals surface area (Å²) in [7, 11) is 0. The molecule has 0 saturated heterocycles. The first-order valence-electron chi connectivity index (χ1n) is 11.1. The summed E-state index contributed by atoms with van der Waals surface area (Å²) in [6.07, 6.45) is 6.54. The first-order chi connectivity index (χ1) is 15.7. The second-order valence-corrected chi connectivity index (χ2v) is 8.11. The first kappa shape index (κ1) is 21.8. The van der Waals surface area contributed by atoms with Crippen LogP contribution in [0.25, 0.3) is 0 Å². The number of H-pyrrole nitrogens is 1. The Hall–Kier alpha value is -3.39. The summed E-state index contributed by atoms with van der Waals surface area (Å²) < 4.78 is 5.15. The lowest BCUT2D eigenvalue weighted by atomic mass is 10.1. The monoisotopic (exact) mass is 435 g/mol. The molecule has 3 atom stereocenters. The molecule has 168 valence electrons. The number of hydrogen-bond donors (Lipinski definition) is 4. The van der Waals surface area contributed by atoms with Crippen molar-refractivity contribution in [2.75, 3.05) is 6.54 Å². The van der Waals surface area contributed by atoms with Crippen molar-refractivity contribution < 1.29 is 14.0 Å². The van der Waals surface area contributed by atoms with E-state index in [0.29, 0.717) is 24.9 Å². The van der Waals surface area contributed by atoms with Gasteiger partial charge < -0.3 is 20.4 Å². The third-order valence-electron chi connectivity index (χ3n) is 5.72. The molecule has 8 heteroatoms. The average Bonchev–Trinajstić information content (AvgIpc) is 3.20. The highest BCUT2D eigenvalue weighted by Gasteiger charge is 2.37. The van der Waals surface area contributed by atoms with Crippen LogP contribution in [-0.4, -0.2) is 40.6 Å². The number of aromatic amines is 1. The minimum absolute atomic E-state index is 0.193. The average molecular weight is 436 g/mol. The summed E-state index contributed by atoms with van der Waals surface area (Å²) in [6, 6.07) is 15.5. The normalized spacial score (nSPS) is 18.1. The second kappa shape index (κ2) is 10.8. The van der Waals surface area contributed by atoms with Gasteiger partial charge in [-0.2, -0.15) is 5.10 Å². The van der Waals surface area contributed by atoms with Crippen LogP contribution in [0, 0.1) is 0 Å². The fraction of sp³-hybridized carbons (Fsp3) is 0.375. The van der Waals surface area contributed by atoms with Gasteiger partial charge in [-0.3, -0.25) is 14.7 Å². The number of hydrogen-bond acceptors (Lipinski definition) is 5. The number of rotatable bonds is 12. The maximum absolute atomic E-state index is 12.7. The van der Waals surface area contributed by atoms with Crippen LogP contribution in [0.3, 0.4) is 0 Å². The number of furan rings is 1. The fourth-order valence-corrected chi connectivity index (χ4v) is 3.84.